The summed E-state index contributed by atoms with van der Waals surface area (Å²) in [5.41, 5.74) is 5.04. The van der Waals surface area contributed by atoms with Gasteiger partial charge in [0.15, 0.2) is 0 Å². The van der Waals surface area contributed by atoms with Gasteiger partial charge in [-0.1, -0.05) is 61.9 Å². The molecule has 0 radical (unpaired) electrons. The monoisotopic (exact) mass is 386 g/mol. The Morgan fingerprint density at radius 1 is 0.815 bits per heavy atom. The van der Waals surface area contributed by atoms with Crippen LogP contribution in [0.2, 0.25) is 0 Å². The molecule has 4 nitrogen and oxygen atoms in total. The molecule has 144 valence electrons. The molecule has 4 rings (SSSR count). The molecular formula is C22H27O4P. The molecule has 0 saturated heterocycles. The summed E-state index contributed by atoms with van der Waals surface area (Å²) < 4.78 is 31.1. The van der Waals surface area contributed by atoms with E-state index in [0.29, 0.717) is 6.61 Å². The molecule has 2 aliphatic carbocycles. The minimum atomic E-state index is -3.60. The third-order valence-corrected chi connectivity index (χ3v) is 6.94. The second kappa shape index (κ2) is 8.28. The minimum Gasteiger partial charge on any atom is -0.287 e. The first-order chi connectivity index (χ1) is 13.1. The van der Waals surface area contributed by atoms with Crippen LogP contribution < -0.4 is 0 Å². The zero-order valence-electron chi connectivity index (χ0n) is 15.8. The largest absolute Gasteiger partial charge is 0.475 e. The number of rotatable bonds is 8. The van der Waals surface area contributed by atoms with E-state index in [9.17, 15) is 4.57 Å². The van der Waals surface area contributed by atoms with Gasteiger partial charge in [0.1, 0.15) is 0 Å². The maximum Gasteiger partial charge on any atom is 0.475 e. The van der Waals surface area contributed by atoms with Crippen molar-refractivity contribution in [3.05, 3.63) is 70.8 Å². The fourth-order valence-electron chi connectivity index (χ4n) is 3.96. The van der Waals surface area contributed by atoms with E-state index < -0.39 is 7.82 Å². The normalized spacial score (nSPS) is 17.2. The third kappa shape index (κ3) is 4.52. The van der Waals surface area contributed by atoms with Crippen molar-refractivity contribution in [3.8, 4) is 0 Å². The van der Waals surface area contributed by atoms with Crippen LogP contribution in [0.3, 0.4) is 0 Å². The number of hydrogen-bond donors (Lipinski definition) is 0. The standard InChI is InChI=1S/C22H27O4P/c1-2-3-12-24-27(23,25-21-13-17-8-4-5-9-18(17)14-21)26-22-15-19-10-6-7-11-20(19)16-22/h4-11,21-22H,2-3,12-16H2,1H3. The summed E-state index contributed by atoms with van der Waals surface area (Å²) in [5.74, 6) is 0. The number of fused-ring (bicyclic) bond motifs is 2. The van der Waals surface area contributed by atoms with Crippen molar-refractivity contribution >= 4 is 7.82 Å². The molecule has 2 aromatic carbocycles. The Labute approximate surface area is 161 Å². The third-order valence-electron chi connectivity index (χ3n) is 5.33. The van der Waals surface area contributed by atoms with E-state index in [0.717, 1.165) is 38.5 Å². The highest BCUT2D eigenvalue weighted by atomic mass is 31.2. The van der Waals surface area contributed by atoms with Crippen LogP contribution in [0.4, 0.5) is 0 Å². The average Bonchev–Trinajstić information content (AvgIpc) is 3.23. The number of benzene rings is 2. The zero-order valence-corrected chi connectivity index (χ0v) is 16.7. The molecule has 0 aliphatic heterocycles. The van der Waals surface area contributed by atoms with Crippen molar-refractivity contribution in [1.29, 1.82) is 0 Å². The number of unbranched alkanes of at least 4 members (excludes halogenated alkanes) is 1. The van der Waals surface area contributed by atoms with Crippen LogP contribution in [0.1, 0.15) is 42.0 Å². The lowest BCUT2D eigenvalue weighted by atomic mass is 10.1. The maximum atomic E-state index is 13.4. The van der Waals surface area contributed by atoms with E-state index in [-0.39, 0.29) is 12.2 Å². The second-order valence-corrected chi connectivity index (χ2v) is 9.02. The predicted octanol–water partition coefficient (Wildman–Crippen LogP) is 5.28. The number of hydrogen-bond acceptors (Lipinski definition) is 4. The first kappa shape index (κ1) is 18.9. The summed E-state index contributed by atoms with van der Waals surface area (Å²) in [6.45, 7) is 2.48. The molecule has 0 N–H and O–H groups in total. The molecule has 5 heteroatoms. The molecule has 0 unspecified atom stereocenters. The highest BCUT2D eigenvalue weighted by molar-refractivity contribution is 7.48. The Balaban J connectivity index is 1.43. The minimum absolute atomic E-state index is 0.154. The molecule has 0 saturated carbocycles. The van der Waals surface area contributed by atoms with Gasteiger partial charge in [-0.25, -0.2) is 4.57 Å². The molecule has 2 aromatic rings. The maximum absolute atomic E-state index is 13.4. The van der Waals surface area contributed by atoms with Gasteiger partial charge in [0.2, 0.25) is 0 Å². The van der Waals surface area contributed by atoms with Gasteiger partial charge in [-0.3, -0.25) is 13.6 Å². The summed E-state index contributed by atoms with van der Waals surface area (Å²) in [5, 5.41) is 0. The Kier molecular flexibility index (Phi) is 5.79. The van der Waals surface area contributed by atoms with Crippen molar-refractivity contribution in [2.24, 2.45) is 0 Å². The van der Waals surface area contributed by atoms with E-state index in [1.54, 1.807) is 0 Å². The Bertz CT molecular complexity index is 723. The SMILES string of the molecule is CCCCOP(=O)(OC1Cc2ccccc2C1)OC1Cc2ccccc2C1. The van der Waals surface area contributed by atoms with Crippen LogP contribution in [0.15, 0.2) is 48.5 Å². The summed E-state index contributed by atoms with van der Waals surface area (Å²) in [6, 6.07) is 16.6. The summed E-state index contributed by atoms with van der Waals surface area (Å²) in [6.07, 6.45) is 4.53. The first-order valence-corrected chi connectivity index (χ1v) is 11.4. The topological polar surface area (TPSA) is 44.8 Å². The van der Waals surface area contributed by atoms with Crippen LogP contribution in [0.5, 0.6) is 0 Å². The van der Waals surface area contributed by atoms with Crippen LogP contribution >= 0.6 is 7.82 Å². The highest BCUT2D eigenvalue weighted by Crippen LogP contribution is 2.54. The molecule has 0 fully saturated rings. The summed E-state index contributed by atoms with van der Waals surface area (Å²) in [7, 11) is -3.60. The van der Waals surface area contributed by atoms with Gasteiger partial charge in [0.25, 0.3) is 0 Å². The molecule has 0 spiro atoms. The van der Waals surface area contributed by atoms with Gasteiger partial charge in [-0.15, -0.1) is 0 Å². The fourth-order valence-corrected chi connectivity index (χ4v) is 5.51. The Morgan fingerprint density at radius 2 is 1.22 bits per heavy atom. The summed E-state index contributed by atoms with van der Waals surface area (Å²) >= 11 is 0. The van der Waals surface area contributed by atoms with E-state index in [1.165, 1.54) is 22.3 Å². The molecular weight excluding hydrogens is 359 g/mol. The van der Waals surface area contributed by atoms with Gasteiger partial charge >= 0.3 is 7.82 Å². The van der Waals surface area contributed by atoms with Gasteiger partial charge in [-0.05, 0) is 54.4 Å². The van der Waals surface area contributed by atoms with Crippen LogP contribution in [-0.2, 0) is 43.8 Å². The van der Waals surface area contributed by atoms with Crippen molar-refractivity contribution in [2.75, 3.05) is 6.61 Å². The lowest BCUT2D eigenvalue weighted by Gasteiger charge is -2.24. The molecule has 0 amide bonds. The summed E-state index contributed by atoms with van der Waals surface area (Å²) in [4.78, 5) is 0. The van der Waals surface area contributed by atoms with Crippen LogP contribution in [-0.4, -0.2) is 18.8 Å². The quantitative estimate of drug-likeness (QED) is 0.457. The number of phosphoric acid groups is 1. The average molecular weight is 386 g/mol. The number of phosphoric ester groups is 1. The molecule has 0 bridgehead atoms. The van der Waals surface area contributed by atoms with Crippen molar-refractivity contribution in [3.63, 3.8) is 0 Å². The van der Waals surface area contributed by atoms with E-state index in [2.05, 4.69) is 31.2 Å². The Morgan fingerprint density at radius 3 is 1.59 bits per heavy atom. The Hall–Kier alpha value is -1.45. The van der Waals surface area contributed by atoms with E-state index in [4.69, 9.17) is 13.6 Å². The van der Waals surface area contributed by atoms with Gasteiger partial charge < -0.3 is 0 Å². The van der Waals surface area contributed by atoms with Crippen molar-refractivity contribution in [1.82, 2.24) is 0 Å². The van der Waals surface area contributed by atoms with Crippen molar-refractivity contribution < 1.29 is 18.1 Å². The molecule has 0 atom stereocenters. The van der Waals surface area contributed by atoms with Crippen LogP contribution in [0, 0.1) is 0 Å². The van der Waals surface area contributed by atoms with Gasteiger partial charge in [0.05, 0.1) is 18.8 Å². The lowest BCUT2D eigenvalue weighted by molar-refractivity contribution is 0.0571. The van der Waals surface area contributed by atoms with Crippen molar-refractivity contribution in [2.45, 2.75) is 57.7 Å². The second-order valence-electron chi connectivity index (χ2n) is 7.44. The molecule has 0 aromatic heterocycles. The zero-order chi connectivity index (χ0) is 18.7. The van der Waals surface area contributed by atoms with Gasteiger partial charge in [-0.2, -0.15) is 0 Å². The first-order valence-electron chi connectivity index (χ1n) is 9.90. The van der Waals surface area contributed by atoms with Gasteiger partial charge in [0, 0.05) is 0 Å². The van der Waals surface area contributed by atoms with Crippen LogP contribution in [0.25, 0.3) is 0 Å². The predicted molar refractivity (Wildman–Crippen MR) is 106 cm³/mol. The highest BCUT2D eigenvalue weighted by Gasteiger charge is 2.38. The molecule has 2 aliphatic rings. The van der Waals surface area contributed by atoms with E-state index >= 15 is 0 Å². The fraction of sp³-hybridized carbons (Fsp3) is 0.455. The molecule has 0 heterocycles. The lowest BCUT2D eigenvalue weighted by Crippen LogP contribution is -2.18. The molecule has 27 heavy (non-hydrogen) atoms. The van der Waals surface area contributed by atoms with E-state index in [1.807, 2.05) is 24.3 Å². The smallest absolute Gasteiger partial charge is 0.287 e.